The topological polar surface area (TPSA) is 34.1 Å². The van der Waals surface area contributed by atoms with Crippen molar-refractivity contribution in [2.45, 2.75) is 13.8 Å². The van der Waals surface area contributed by atoms with Gasteiger partial charge in [0, 0.05) is 18.1 Å². The summed E-state index contributed by atoms with van der Waals surface area (Å²) in [6, 6.07) is 6.92. The van der Waals surface area contributed by atoms with Crippen LogP contribution < -0.4 is 0 Å². The Morgan fingerprint density at radius 1 is 1.21 bits per heavy atom. The lowest BCUT2D eigenvalue weighted by molar-refractivity contribution is -0.111. The van der Waals surface area contributed by atoms with Crippen LogP contribution in [0.4, 0.5) is 0 Å². The third-order valence-corrected chi connectivity index (χ3v) is 1.65. The summed E-state index contributed by atoms with van der Waals surface area (Å²) in [6.45, 7) is 2.90. The summed E-state index contributed by atoms with van der Waals surface area (Å²) in [5.74, 6) is 4.93. The van der Waals surface area contributed by atoms with E-state index in [1.807, 2.05) is 0 Å². The number of ketones is 2. The van der Waals surface area contributed by atoms with Crippen LogP contribution in [0.1, 0.15) is 29.8 Å². The maximum Gasteiger partial charge on any atom is 0.202 e. The molecule has 0 unspecified atom stereocenters. The van der Waals surface area contributed by atoms with Gasteiger partial charge in [0.15, 0.2) is 5.78 Å². The highest BCUT2D eigenvalue weighted by Crippen LogP contribution is 2.04. The van der Waals surface area contributed by atoms with Crippen molar-refractivity contribution in [1.82, 2.24) is 0 Å². The molecule has 0 aliphatic carbocycles. The zero-order chi connectivity index (χ0) is 10.6. The Morgan fingerprint density at radius 2 is 1.93 bits per heavy atom. The van der Waals surface area contributed by atoms with Crippen LogP contribution in [0.3, 0.4) is 0 Å². The fourth-order valence-corrected chi connectivity index (χ4v) is 0.976. The van der Waals surface area contributed by atoms with Gasteiger partial charge in [0.25, 0.3) is 0 Å². The molecule has 1 aromatic rings. The molecule has 0 atom stereocenters. The third-order valence-electron chi connectivity index (χ3n) is 1.65. The van der Waals surface area contributed by atoms with Crippen LogP contribution in [-0.2, 0) is 4.79 Å². The van der Waals surface area contributed by atoms with Crippen LogP contribution >= 0.6 is 0 Å². The summed E-state index contributed by atoms with van der Waals surface area (Å²) in [5, 5.41) is 0. The number of hydrogen-bond acceptors (Lipinski definition) is 2. The van der Waals surface area contributed by atoms with Crippen molar-refractivity contribution >= 4 is 11.6 Å². The third kappa shape index (κ3) is 2.87. The number of Topliss-reactive ketones (excluding diaryl/α,β-unsaturated/α-hetero) is 2. The molecule has 0 fully saturated rings. The molecular weight excluding hydrogens is 176 g/mol. The zero-order valence-electron chi connectivity index (χ0n) is 8.13. The SMILES string of the molecule is CC(=O)C#Cc1cccc(C(C)=O)c1. The first-order valence-corrected chi connectivity index (χ1v) is 4.23. The summed E-state index contributed by atoms with van der Waals surface area (Å²) < 4.78 is 0. The van der Waals surface area contributed by atoms with Gasteiger partial charge in [-0.1, -0.05) is 18.1 Å². The van der Waals surface area contributed by atoms with Crippen molar-refractivity contribution in [3.05, 3.63) is 35.4 Å². The minimum absolute atomic E-state index is 0.00326. The lowest BCUT2D eigenvalue weighted by Crippen LogP contribution is -1.91. The van der Waals surface area contributed by atoms with Crippen molar-refractivity contribution in [2.24, 2.45) is 0 Å². The molecule has 2 nitrogen and oxygen atoms in total. The molecule has 1 aromatic carbocycles. The monoisotopic (exact) mass is 186 g/mol. The molecule has 0 radical (unpaired) electrons. The van der Waals surface area contributed by atoms with Crippen LogP contribution in [0.15, 0.2) is 24.3 Å². The second kappa shape index (κ2) is 4.38. The Balaban J connectivity index is 3.02. The molecule has 0 spiro atoms. The fraction of sp³-hybridized carbons (Fsp3) is 0.167. The van der Waals surface area contributed by atoms with Gasteiger partial charge in [0.2, 0.25) is 5.78 Å². The maximum absolute atomic E-state index is 11.0. The fourth-order valence-electron chi connectivity index (χ4n) is 0.976. The summed E-state index contributed by atoms with van der Waals surface area (Å²) >= 11 is 0. The van der Waals surface area contributed by atoms with Gasteiger partial charge in [0.1, 0.15) is 0 Å². The number of benzene rings is 1. The first-order valence-electron chi connectivity index (χ1n) is 4.23. The van der Waals surface area contributed by atoms with Crippen LogP contribution in [0.2, 0.25) is 0 Å². The number of carbonyl (C=O) groups excluding carboxylic acids is 2. The molecule has 0 bridgehead atoms. The van der Waals surface area contributed by atoms with Gasteiger partial charge in [-0.3, -0.25) is 9.59 Å². The Kier molecular flexibility index (Phi) is 3.19. The van der Waals surface area contributed by atoms with E-state index in [-0.39, 0.29) is 11.6 Å². The summed E-state index contributed by atoms with van der Waals surface area (Å²) in [6.07, 6.45) is 0. The Bertz CT molecular complexity index is 433. The van der Waals surface area contributed by atoms with Gasteiger partial charge in [-0.2, -0.15) is 0 Å². The van der Waals surface area contributed by atoms with Crippen LogP contribution in [-0.4, -0.2) is 11.6 Å². The summed E-state index contributed by atoms with van der Waals surface area (Å²) in [7, 11) is 0. The standard InChI is InChI=1S/C12H10O2/c1-9(13)6-7-11-4-3-5-12(8-11)10(2)14/h3-5,8H,1-2H3. The Hall–Kier alpha value is -1.88. The largest absolute Gasteiger partial charge is 0.295 e. The van der Waals surface area contributed by atoms with Crippen molar-refractivity contribution in [1.29, 1.82) is 0 Å². The van der Waals surface area contributed by atoms with Crippen molar-refractivity contribution in [3.8, 4) is 11.8 Å². The van der Waals surface area contributed by atoms with Gasteiger partial charge in [-0.05, 0) is 25.0 Å². The van der Waals surface area contributed by atoms with E-state index in [1.165, 1.54) is 13.8 Å². The Labute approximate surface area is 82.9 Å². The van der Waals surface area contributed by atoms with E-state index in [1.54, 1.807) is 24.3 Å². The van der Waals surface area contributed by atoms with E-state index in [0.717, 1.165) is 0 Å². The first-order chi connectivity index (χ1) is 6.59. The predicted molar refractivity (Wildman–Crippen MR) is 54.0 cm³/mol. The molecule has 14 heavy (non-hydrogen) atoms. The Morgan fingerprint density at radius 3 is 2.50 bits per heavy atom. The van der Waals surface area contributed by atoms with E-state index in [4.69, 9.17) is 0 Å². The minimum Gasteiger partial charge on any atom is -0.295 e. The molecular formula is C12H10O2. The smallest absolute Gasteiger partial charge is 0.202 e. The van der Waals surface area contributed by atoms with Crippen molar-refractivity contribution < 1.29 is 9.59 Å². The normalized spacial score (nSPS) is 8.71. The van der Waals surface area contributed by atoms with E-state index >= 15 is 0 Å². The van der Waals surface area contributed by atoms with Crippen molar-refractivity contribution in [2.75, 3.05) is 0 Å². The van der Waals surface area contributed by atoms with E-state index in [9.17, 15) is 9.59 Å². The first kappa shape index (κ1) is 10.2. The molecule has 0 N–H and O–H groups in total. The van der Waals surface area contributed by atoms with Crippen molar-refractivity contribution in [3.63, 3.8) is 0 Å². The van der Waals surface area contributed by atoms with Crippen LogP contribution in [0, 0.1) is 11.8 Å². The molecule has 0 aliphatic heterocycles. The number of rotatable bonds is 1. The van der Waals surface area contributed by atoms with Crippen LogP contribution in [0.25, 0.3) is 0 Å². The maximum atomic E-state index is 11.0. The quantitative estimate of drug-likeness (QED) is 0.495. The average molecular weight is 186 g/mol. The second-order valence-electron chi connectivity index (χ2n) is 2.94. The van der Waals surface area contributed by atoms with Gasteiger partial charge >= 0.3 is 0 Å². The predicted octanol–water partition coefficient (Wildman–Crippen LogP) is 1.83. The van der Waals surface area contributed by atoms with Crippen LogP contribution in [0.5, 0.6) is 0 Å². The molecule has 0 heterocycles. The molecule has 70 valence electrons. The molecule has 0 aliphatic rings. The summed E-state index contributed by atoms with van der Waals surface area (Å²) in [5.41, 5.74) is 1.30. The zero-order valence-corrected chi connectivity index (χ0v) is 8.13. The molecule has 1 rings (SSSR count). The van der Waals surface area contributed by atoms with E-state index < -0.39 is 0 Å². The van der Waals surface area contributed by atoms with Gasteiger partial charge in [-0.25, -0.2) is 0 Å². The lowest BCUT2D eigenvalue weighted by Gasteiger charge is -1.94. The lowest BCUT2D eigenvalue weighted by atomic mass is 10.1. The van der Waals surface area contributed by atoms with E-state index in [2.05, 4.69) is 11.8 Å². The average Bonchev–Trinajstić information content (AvgIpc) is 2.15. The highest BCUT2D eigenvalue weighted by Gasteiger charge is 1.97. The number of hydrogen-bond donors (Lipinski definition) is 0. The molecule has 0 amide bonds. The molecule has 0 aromatic heterocycles. The number of carbonyl (C=O) groups is 2. The van der Waals surface area contributed by atoms with Gasteiger partial charge in [-0.15, -0.1) is 0 Å². The minimum atomic E-state index is -0.182. The van der Waals surface area contributed by atoms with Gasteiger partial charge in [0.05, 0.1) is 0 Å². The highest BCUT2D eigenvalue weighted by atomic mass is 16.1. The van der Waals surface area contributed by atoms with Gasteiger partial charge < -0.3 is 0 Å². The highest BCUT2D eigenvalue weighted by molar-refractivity contribution is 5.95. The summed E-state index contributed by atoms with van der Waals surface area (Å²) in [4.78, 5) is 21.6. The molecule has 0 saturated carbocycles. The molecule has 2 heteroatoms. The van der Waals surface area contributed by atoms with E-state index in [0.29, 0.717) is 11.1 Å². The molecule has 0 saturated heterocycles. The second-order valence-corrected chi connectivity index (χ2v) is 2.94.